The highest BCUT2D eigenvalue weighted by atomic mass is 79.9. The summed E-state index contributed by atoms with van der Waals surface area (Å²) >= 11 is 3.21. The Morgan fingerprint density at radius 2 is 2.18 bits per heavy atom. The van der Waals surface area contributed by atoms with Crippen LogP contribution in [-0.4, -0.2) is 25.9 Å². The molecule has 0 saturated heterocycles. The minimum Gasteiger partial charge on any atom is -0.493 e. The lowest BCUT2D eigenvalue weighted by Crippen LogP contribution is -2.25. The van der Waals surface area contributed by atoms with E-state index in [0.717, 1.165) is 0 Å². The average molecular weight is 306 g/mol. The van der Waals surface area contributed by atoms with E-state index in [-0.39, 0.29) is 11.9 Å². The molecule has 17 heavy (non-hydrogen) atoms. The van der Waals surface area contributed by atoms with E-state index in [0.29, 0.717) is 36.4 Å². The first-order valence-corrected chi connectivity index (χ1v) is 6.35. The molecule has 3 nitrogen and oxygen atoms in total. The Morgan fingerprint density at radius 3 is 2.76 bits per heavy atom. The van der Waals surface area contributed by atoms with E-state index in [2.05, 4.69) is 15.9 Å². The molecule has 0 bridgehead atoms. The lowest BCUT2D eigenvalue weighted by atomic mass is 10.2. The maximum absolute atomic E-state index is 13.0. The lowest BCUT2D eigenvalue weighted by Gasteiger charge is -2.15. The summed E-state index contributed by atoms with van der Waals surface area (Å²) in [6, 6.07) is 4.46. The van der Waals surface area contributed by atoms with Crippen LogP contribution in [0.3, 0.4) is 0 Å². The standard InChI is InChI=1S/C12H17BrFNO2/c1-2-16-11(8-15)3-4-17-12-6-9(13)5-10(14)7-12/h5-7,11H,2-4,8,15H2,1H3. The molecule has 0 aliphatic heterocycles. The van der Waals surface area contributed by atoms with Crippen LogP contribution in [0, 0.1) is 5.82 Å². The highest BCUT2D eigenvalue weighted by Crippen LogP contribution is 2.20. The van der Waals surface area contributed by atoms with Crippen LogP contribution in [0.2, 0.25) is 0 Å². The van der Waals surface area contributed by atoms with E-state index in [1.54, 1.807) is 6.07 Å². The number of nitrogens with two attached hydrogens (primary N) is 1. The number of hydrogen-bond acceptors (Lipinski definition) is 3. The quantitative estimate of drug-likeness (QED) is 0.842. The first-order valence-electron chi connectivity index (χ1n) is 5.56. The molecule has 0 aromatic heterocycles. The number of hydrogen-bond donors (Lipinski definition) is 1. The van der Waals surface area contributed by atoms with Crippen molar-refractivity contribution in [2.24, 2.45) is 5.73 Å². The molecular formula is C12H17BrFNO2. The van der Waals surface area contributed by atoms with Crippen LogP contribution in [0.15, 0.2) is 22.7 Å². The molecule has 0 amide bonds. The Hall–Kier alpha value is -0.650. The Labute approximate surface area is 109 Å². The van der Waals surface area contributed by atoms with Gasteiger partial charge in [0.2, 0.25) is 0 Å². The summed E-state index contributed by atoms with van der Waals surface area (Å²) in [7, 11) is 0. The van der Waals surface area contributed by atoms with Crippen molar-refractivity contribution in [2.75, 3.05) is 19.8 Å². The third kappa shape index (κ3) is 5.48. The molecule has 1 unspecified atom stereocenters. The van der Waals surface area contributed by atoms with Crippen LogP contribution in [0.4, 0.5) is 4.39 Å². The molecule has 1 rings (SSSR count). The Kier molecular flexibility index (Phi) is 6.47. The van der Waals surface area contributed by atoms with Crippen molar-refractivity contribution in [1.29, 1.82) is 0 Å². The molecular weight excluding hydrogens is 289 g/mol. The first-order chi connectivity index (χ1) is 8.15. The molecule has 5 heteroatoms. The van der Waals surface area contributed by atoms with E-state index in [4.69, 9.17) is 15.2 Å². The predicted molar refractivity (Wildman–Crippen MR) is 68.7 cm³/mol. The van der Waals surface area contributed by atoms with Gasteiger partial charge >= 0.3 is 0 Å². The second-order valence-corrected chi connectivity index (χ2v) is 4.47. The second-order valence-electron chi connectivity index (χ2n) is 3.56. The molecule has 0 saturated carbocycles. The van der Waals surface area contributed by atoms with Gasteiger partial charge in [-0.15, -0.1) is 0 Å². The fourth-order valence-corrected chi connectivity index (χ4v) is 1.87. The maximum atomic E-state index is 13.0. The molecule has 0 aliphatic rings. The normalized spacial score (nSPS) is 12.5. The van der Waals surface area contributed by atoms with Crippen molar-refractivity contribution < 1.29 is 13.9 Å². The van der Waals surface area contributed by atoms with Crippen LogP contribution >= 0.6 is 15.9 Å². The van der Waals surface area contributed by atoms with Crippen molar-refractivity contribution in [3.63, 3.8) is 0 Å². The summed E-state index contributed by atoms with van der Waals surface area (Å²) < 4.78 is 24.5. The van der Waals surface area contributed by atoms with Gasteiger partial charge in [-0.1, -0.05) is 15.9 Å². The van der Waals surface area contributed by atoms with Gasteiger partial charge in [0.1, 0.15) is 11.6 Å². The van der Waals surface area contributed by atoms with E-state index in [1.165, 1.54) is 12.1 Å². The summed E-state index contributed by atoms with van der Waals surface area (Å²) in [5.74, 6) is 0.179. The monoisotopic (exact) mass is 305 g/mol. The minimum atomic E-state index is -0.324. The average Bonchev–Trinajstić information content (AvgIpc) is 2.26. The highest BCUT2D eigenvalue weighted by Gasteiger charge is 2.06. The van der Waals surface area contributed by atoms with Crippen LogP contribution in [0.5, 0.6) is 5.75 Å². The molecule has 96 valence electrons. The van der Waals surface area contributed by atoms with Crippen molar-refractivity contribution in [2.45, 2.75) is 19.4 Å². The highest BCUT2D eigenvalue weighted by molar-refractivity contribution is 9.10. The van der Waals surface area contributed by atoms with Gasteiger partial charge in [-0.3, -0.25) is 0 Å². The molecule has 1 aromatic carbocycles. The Balaban J connectivity index is 2.39. The zero-order chi connectivity index (χ0) is 12.7. The van der Waals surface area contributed by atoms with E-state index < -0.39 is 0 Å². The number of ether oxygens (including phenoxy) is 2. The molecule has 0 aliphatic carbocycles. The van der Waals surface area contributed by atoms with E-state index in [9.17, 15) is 4.39 Å². The van der Waals surface area contributed by atoms with Gasteiger partial charge in [0.15, 0.2) is 0 Å². The summed E-state index contributed by atoms with van der Waals surface area (Å²) in [5.41, 5.74) is 5.54. The topological polar surface area (TPSA) is 44.5 Å². The van der Waals surface area contributed by atoms with E-state index in [1.807, 2.05) is 6.92 Å². The number of halogens is 2. The van der Waals surface area contributed by atoms with Gasteiger partial charge in [0.25, 0.3) is 0 Å². The van der Waals surface area contributed by atoms with Crippen molar-refractivity contribution in [3.8, 4) is 5.75 Å². The second kappa shape index (κ2) is 7.63. The summed E-state index contributed by atoms with van der Waals surface area (Å²) in [4.78, 5) is 0. The van der Waals surface area contributed by atoms with Crippen molar-refractivity contribution in [3.05, 3.63) is 28.5 Å². The van der Waals surface area contributed by atoms with Crippen LogP contribution in [0.1, 0.15) is 13.3 Å². The van der Waals surface area contributed by atoms with Gasteiger partial charge in [-0.05, 0) is 19.1 Å². The van der Waals surface area contributed by atoms with Crippen molar-refractivity contribution in [1.82, 2.24) is 0 Å². The van der Waals surface area contributed by atoms with Crippen molar-refractivity contribution >= 4 is 15.9 Å². The molecule has 0 fully saturated rings. The summed E-state index contributed by atoms with van der Waals surface area (Å²) in [6.45, 7) is 3.47. The summed E-state index contributed by atoms with van der Waals surface area (Å²) in [6.07, 6.45) is 0.690. The summed E-state index contributed by atoms with van der Waals surface area (Å²) in [5, 5.41) is 0. The zero-order valence-electron chi connectivity index (χ0n) is 9.79. The fourth-order valence-electron chi connectivity index (χ4n) is 1.43. The van der Waals surface area contributed by atoms with Gasteiger partial charge < -0.3 is 15.2 Å². The van der Waals surface area contributed by atoms with Gasteiger partial charge in [0, 0.05) is 30.1 Å². The minimum absolute atomic E-state index is 0.00278. The lowest BCUT2D eigenvalue weighted by molar-refractivity contribution is 0.0526. The Bertz CT molecular complexity index is 329. The van der Waals surface area contributed by atoms with Crippen LogP contribution < -0.4 is 10.5 Å². The number of benzene rings is 1. The molecule has 1 atom stereocenters. The van der Waals surface area contributed by atoms with Crippen LogP contribution in [-0.2, 0) is 4.74 Å². The third-order valence-electron chi connectivity index (χ3n) is 2.21. The maximum Gasteiger partial charge on any atom is 0.128 e. The third-order valence-corrected chi connectivity index (χ3v) is 2.67. The molecule has 0 radical (unpaired) electrons. The molecule has 0 heterocycles. The number of rotatable bonds is 7. The zero-order valence-corrected chi connectivity index (χ0v) is 11.4. The fraction of sp³-hybridized carbons (Fsp3) is 0.500. The van der Waals surface area contributed by atoms with Gasteiger partial charge in [0.05, 0.1) is 12.7 Å². The SMILES string of the molecule is CCOC(CN)CCOc1cc(F)cc(Br)c1. The van der Waals surface area contributed by atoms with E-state index >= 15 is 0 Å². The van der Waals surface area contributed by atoms with Crippen LogP contribution in [0.25, 0.3) is 0 Å². The first kappa shape index (κ1) is 14.4. The largest absolute Gasteiger partial charge is 0.493 e. The molecule has 2 N–H and O–H groups in total. The smallest absolute Gasteiger partial charge is 0.128 e. The molecule has 0 spiro atoms. The Morgan fingerprint density at radius 1 is 1.41 bits per heavy atom. The van der Waals surface area contributed by atoms with Gasteiger partial charge in [-0.2, -0.15) is 0 Å². The predicted octanol–water partition coefficient (Wildman–Crippen LogP) is 2.72. The molecule has 1 aromatic rings. The van der Waals surface area contributed by atoms with Gasteiger partial charge in [-0.25, -0.2) is 4.39 Å².